The summed E-state index contributed by atoms with van der Waals surface area (Å²) in [5.74, 6) is 0.585. The molecule has 2 aromatic heterocycles. The SMILES string of the molecule is CCN(CCCn1ccc(N)n1)Cc1cccc(C)n1. The number of aromatic nitrogens is 3. The molecule has 0 atom stereocenters. The van der Waals surface area contributed by atoms with Crippen LogP contribution < -0.4 is 5.73 Å². The van der Waals surface area contributed by atoms with Crippen LogP contribution in [-0.4, -0.2) is 32.8 Å². The van der Waals surface area contributed by atoms with Gasteiger partial charge in [-0.15, -0.1) is 0 Å². The zero-order valence-electron chi connectivity index (χ0n) is 12.3. The summed E-state index contributed by atoms with van der Waals surface area (Å²) in [7, 11) is 0. The number of rotatable bonds is 7. The van der Waals surface area contributed by atoms with Crippen LogP contribution >= 0.6 is 0 Å². The summed E-state index contributed by atoms with van der Waals surface area (Å²) in [5.41, 5.74) is 7.81. The first-order chi connectivity index (χ1) is 9.67. The molecule has 2 aromatic rings. The molecule has 0 aliphatic heterocycles. The number of nitrogens with zero attached hydrogens (tertiary/aromatic N) is 4. The summed E-state index contributed by atoms with van der Waals surface area (Å²) in [6.07, 6.45) is 2.98. The van der Waals surface area contributed by atoms with Crippen LogP contribution in [0.5, 0.6) is 0 Å². The van der Waals surface area contributed by atoms with E-state index in [9.17, 15) is 0 Å². The zero-order valence-corrected chi connectivity index (χ0v) is 12.3. The Balaban J connectivity index is 1.80. The average Bonchev–Trinajstić information content (AvgIpc) is 2.83. The monoisotopic (exact) mass is 273 g/mol. The maximum Gasteiger partial charge on any atom is 0.145 e. The first-order valence-corrected chi connectivity index (χ1v) is 7.11. The van der Waals surface area contributed by atoms with Gasteiger partial charge in [-0.25, -0.2) is 0 Å². The molecule has 2 heterocycles. The van der Waals surface area contributed by atoms with Gasteiger partial charge in [0, 0.05) is 31.5 Å². The average molecular weight is 273 g/mol. The fourth-order valence-electron chi connectivity index (χ4n) is 2.22. The van der Waals surface area contributed by atoms with Crippen molar-refractivity contribution in [2.75, 3.05) is 18.8 Å². The lowest BCUT2D eigenvalue weighted by molar-refractivity contribution is 0.265. The van der Waals surface area contributed by atoms with E-state index in [2.05, 4.69) is 34.0 Å². The second-order valence-corrected chi connectivity index (χ2v) is 5.00. The molecule has 0 fully saturated rings. The van der Waals surface area contributed by atoms with E-state index in [4.69, 9.17) is 5.73 Å². The summed E-state index contributed by atoms with van der Waals surface area (Å²) in [4.78, 5) is 6.95. The minimum atomic E-state index is 0.585. The smallest absolute Gasteiger partial charge is 0.145 e. The van der Waals surface area contributed by atoms with Crippen molar-refractivity contribution in [1.29, 1.82) is 0 Å². The van der Waals surface area contributed by atoms with E-state index >= 15 is 0 Å². The normalized spacial score (nSPS) is 11.2. The Morgan fingerprint density at radius 1 is 1.30 bits per heavy atom. The third-order valence-electron chi connectivity index (χ3n) is 3.30. The fourth-order valence-corrected chi connectivity index (χ4v) is 2.22. The molecule has 5 nitrogen and oxygen atoms in total. The first-order valence-electron chi connectivity index (χ1n) is 7.11. The number of nitrogen functional groups attached to an aromatic ring is 1. The number of pyridine rings is 1. The Bertz CT molecular complexity index is 535. The lowest BCUT2D eigenvalue weighted by atomic mass is 10.3. The number of nitrogens with two attached hydrogens (primary N) is 1. The van der Waals surface area contributed by atoms with Gasteiger partial charge in [-0.3, -0.25) is 14.6 Å². The van der Waals surface area contributed by atoms with Crippen molar-refractivity contribution in [1.82, 2.24) is 19.7 Å². The Labute approximate surface area is 120 Å². The van der Waals surface area contributed by atoms with E-state index in [-0.39, 0.29) is 0 Å². The summed E-state index contributed by atoms with van der Waals surface area (Å²) in [6.45, 7) is 8.07. The highest BCUT2D eigenvalue weighted by Gasteiger charge is 2.05. The molecule has 0 aliphatic rings. The number of anilines is 1. The van der Waals surface area contributed by atoms with Crippen molar-refractivity contribution in [3.63, 3.8) is 0 Å². The molecule has 2 N–H and O–H groups in total. The van der Waals surface area contributed by atoms with Gasteiger partial charge < -0.3 is 5.73 Å². The van der Waals surface area contributed by atoms with Gasteiger partial charge in [0.1, 0.15) is 5.82 Å². The Morgan fingerprint density at radius 2 is 2.15 bits per heavy atom. The van der Waals surface area contributed by atoms with Crippen LogP contribution in [0.4, 0.5) is 5.82 Å². The maximum atomic E-state index is 5.60. The van der Waals surface area contributed by atoms with E-state index in [0.717, 1.165) is 44.0 Å². The highest BCUT2D eigenvalue weighted by molar-refractivity contribution is 5.23. The quantitative estimate of drug-likeness (QED) is 0.839. The Hall–Kier alpha value is -1.88. The number of aryl methyl sites for hydroxylation is 2. The molecule has 0 bridgehead atoms. The van der Waals surface area contributed by atoms with Crippen LogP contribution in [-0.2, 0) is 13.1 Å². The van der Waals surface area contributed by atoms with Gasteiger partial charge in [0.15, 0.2) is 0 Å². The molecule has 0 saturated heterocycles. The second kappa shape index (κ2) is 7.05. The minimum absolute atomic E-state index is 0.585. The summed E-state index contributed by atoms with van der Waals surface area (Å²) in [5, 5.41) is 4.19. The van der Waals surface area contributed by atoms with Crippen molar-refractivity contribution >= 4 is 5.82 Å². The van der Waals surface area contributed by atoms with Gasteiger partial charge in [-0.05, 0) is 38.1 Å². The van der Waals surface area contributed by atoms with Crippen LogP contribution in [0.1, 0.15) is 24.7 Å². The molecule has 0 aliphatic carbocycles. The molecule has 0 spiro atoms. The Kier molecular flexibility index (Phi) is 5.12. The molecule has 0 unspecified atom stereocenters. The molecule has 2 rings (SSSR count). The zero-order chi connectivity index (χ0) is 14.4. The van der Waals surface area contributed by atoms with Crippen molar-refractivity contribution < 1.29 is 0 Å². The lowest BCUT2D eigenvalue weighted by Crippen LogP contribution is -2.25. The van der Waals surface area contributed by atoms with Crippen molar-refractivity contribution in [3.05, 3.63) is 41.9 Å². The van der Waals surface area contributed by atoms with Crippen molar-refractivity contribution in [2.24, 2.45) is 0 Å². The first kappa shape index (κ1) is 14.5. The number of hydrogen-bond donors (Lipinski definition) is 1. The maximum absolute atomic E-state index is 5.60. The highest BCUT2D eigenvalue weighted by Crippen LogP contribution is 2.05. The molecule has 0 amide bonds. The van der Waals surface area contributed by atoms with E-state index in [1.54, 1.807) is 0 Å². The van der Waals surface area contributed by atoms with Crippen molar-refractivity contribution in [2.45, 2.75) is 33.4 Å². The molecule has 108 valence electrons. The largest absolute Gasteiger partial charge is 0.382 e. The molecule has 0 saturated carbocycles. The molecular weight excluding hydrogens is 250 g/mol. The van der Waals surface area contributed by atoms with E-state index in [1.807, 2.05) is 29.9 Å². The minimum Gasteiger partial charge on any atom is -0.382 e. The van der Waals surface area contributed by atoms with Crippen LogP contribution in [0, 0.1) is 6.92 Å². The third kappa shape index (κ3) is 4.35. The molecule has 5 heteroatoms. The summed E-state index contributed by atoms with van der Waals surface area (Å²) in [6, 6.07) is 8.01. The lowest BCUT2D eigenvalue weighted by Gasteiger charge is -2.20. The van der Waals surface area contributed by atoms with Gasteiger partial charge in [0.2, 0.25) is 0 Å². The second-order valence-electron chi connectivity index (χ2n) is 5.00. The molecule has 0 aromatic carbocycles. The van der Waals surface area contributed by atoms with E-state index < -0.39 is 0 Å². The van der Waals surface area contributed by atoms with E-state index in [1.165, 1.54) is 0 Å². The summed E-state index contributed by atoms with van der Waals surface area (Å²) < 4.78 is 1.90. The molecular formula is C15H23N5. The predicted molar refractivity (Wildman–Crippen MR) is 81.2 cm³/mol. The van der Waals surface area contributed by atoms with Crippen LogP contribution in [0.3, 0.4) is 0 Å². The highest BCUT2D eigenvalue weighted by atomic mass is 15.3. The number of hydrogen-bond acceptors (Lipinski definition) is 4. The predicted octanol–water partition coefficient (Wildman–Crippen LogP) is 2.08. The molecule has 0 radical (unpaired) electrons. The van der Waals surface area contributed by atoms with Crippen LogP contribution in [0.15, 0.2) is 30.5 Å². The van der Waals surface area contributed by atoms with Gasteiger partial charge in [0.25, 0.3) is 0 Å². The third-order valence-corrected chi connectivity index (χ3v) is 3.30. The van der Waals surface area contributed by atoms with Gasteiger partial charge in [0.05, 0.1) is 5.69 Å². The molecule has 20 heavy (non-hydrogen) atoms. The standard InChI is InChI=1S/C15H23N5/c1-3-19(12-14-7-4-6-13(2)17-14)9-5-10-20-11-8-15(16)18-20/h4,6-8,11H,3,5,9-10,12H2,1-2H3,(H2,16,18). The van der Waals surface area contributed by atoms with E-state index in [0.29, 0.717) is 5.82 Å². The summed E-state index contributed by atoms with van der Waals surface area (Å²) >= 11 is 0. The van der Waals surface area contributed by atoms with Crippen molar-refractivity contribution in [3.8, 4) is 0 Å². The van der Waals surface area contributed by atoms with Gasteiger partial charge in [-0.1, -0.05) is 13.0 Å². The topological polar surface area (TPSA) is 60.0 Å². The van der Waals surface area contributed by atoms with Gasteiger partial charge in [-0.2, -0.15) is 5.10 Å². The Morgan fingerprint density at radius 3 is 2.80 bits per heavy atom. The van der Waals surface area contributed by atoms with Crippen LogP contribution in [0.25, 0.3) is 0 Å². The van der Waals surface area contributed by atoms with Gasteiger partial charge >= 0.3 is 0 Å². The van der Waals surface area contributed by atoms with Crippen LogP contribution in [0.2, 0.25) is 0 Å². The fraction of sp³-hybridized carbons (Fsp3) is 0.467.